The second kappa shape index (κ2) is 6.84. The van der Waals surface area contributed by atoms with Gasteiger partial charge in [-0.3, -0.25) is 9.88 Å². The number of nitrogens with zero attached hydrogens (tertiary/aromatic N) is 2. The molecular weight excluding hydrogens is 270 g/mol. The van der Waals surface area contributed by atoms with Crippen molar-refractivity contribution in [1.82, 2.24) is 9.88 Å². The summed E-state index contributed by atoms with van der Waals surface area (Å²) in [5.41, 5.74) is 8.31. The maximum atomic E-state index is 6.15. The van der Waals surface area contributed by atoms with Crippen molar-refractivity contribution in [1.29, 1.82) is 0 Å². The highest BCUT2D eigenvalue weighted by atomic mass is 35.5. The van der Waals surface area contributed by atoms with Gasteiger partial charge in [-0.15, -0.1) is 0 Å². The third-order valence-electron chi connectivity index (χ3n) is 3.28. The van der Waals surface area contributed by atoms with E-state index in [0.717, 1.165) is 17.3 Å². The molecule has 2 aromatic rings. The Balaban J connectivity index is 2.18. The summed E-state index contributed by atoms with van der Waals surface area (Å²) in [5.74, 6) is 0. The van der Waals surface area contributed by atoms with E-state index in [4.69, 9.17) is 17.3 Å². The molecule has 2 rings (SSSR count). The van der Waals surface area contributed by atoms with E-state index in [1.54, 1.807) is 6.20 Å². The van der Waals surface area contributed by atoms with Crippen LogP contribution in [0.3, 0.4) is 0 Å². The third kappa shape index (κ3) is 3.79. The van der Waals surface area contributed by atoms with Crippen LogP contribution in [0.4, 0.5) is 0 Å². The molecule has 0 spiro atoms. The van der Waals surface area contributed by atoms with Gasteiger partial charge in [-0.2, -0.15) is 0 Å². The van der Waals surface area contributed by atoms with Crippen LogP contribution in [-0.4, -0.2) is 23.0 Å². The van der Waals surface area contributed by atoms with Crippen LogP contribution in [0.15, 0.2) is 48.7 Å². The maximum Gasteiger partial charge on any atom is 0.0671 e. The Morgan fingerprint density at radius 2 is 2.05 bits per heavy atom. The first-order chi connectivity index (χ1) is 9.58. The van der Waals surface area contributed by atoms with Gasteiger partial charge < -0.3 is 5.73 Å². The van der Waals surface area contributed by atoms with Gasteiger partial charge in [-0.05, 0) is 43.8 Å². The van der Waals surface area contributed by atoms with Crippen LogP contribution in [0.5, 0.6) is 0 Å². The zero-order valence-corrected chi connectivity index (χ0v) is 12.6. The van der Waals surface area contributed by atoms with Gasteiger partial charge in [0.05, 0.1) is 11.7 Å². The van der Waals surface area contributed by atoms with E-state index in [2.05, 4.69) is 23.0 Å². The number of halogens is 1. The summed E-state index contributed by atoms with van der Waals surface area (Å²) < 4.78 is 0. The molecule has 0 saturated carbocycles. The minimum Gasteiger partial charge on any atom is -0.326 e. The minimum absolute atomic E-state index is 0.00548. The van der Waals surface area contributed by atoms with Crippen LogP contribution >= 0.6 is 11.6 Å². The van der Waals surface area contributed by atoms with Crippen LogP contribution in [0.1, 0.15) is 24.2 Å². The average molecular weight is 290 g/mol. The zero-order chi connectivity index (χ0) is 14.5. The summed E-state index contributed by atoms with van der Waals surface area (Å²) in [6.45, 7) is 2.79. The van der Waals surface area contributed by atoms with Gasteiger partial charge in [0.2, 0.25) is 0 Å². The average Bonchev–Trinajstić information content (AvgIpc) is 2.39. The van der Waals surface area contributed by atoms with Crippen molar-refractivity contribution in [3.63, 3.8) is 0 Å². The van der Waals surface area contributed by atoms with E-state index in [9.17, 15) is 0 Å². The molecule has 106 valence electrons. The molecule has 0 aliphatic rings. The molecular formula is C16H20ClN3. The van der Waals surface area contributed by atoms with Crippen LogP contribution < -0.4 is 5.73 Å². The molecule has 20 heavy (non-hydrogen) atoms. The summed E-state index contributed by atoms with van der Waals surface area (Å²) in [4.78, 5) is 6.64. The van der Waals surface area contributed by atoms with Crippen LogP contribution in [0, 0.1) is 0 Å². The predicted octanol–water partition coefficient (Wildman–Crippen LogP) is 3.26. The largest absolute Gasteiger partial charge is 0.326 e. The summed E-state index contributed by atoms with van der Waals surface area (Å²) >= 11 is 6.03. The Kier molecular flexibility index (Phi) is 5.12. The highest BCUT2D eigenvalue weighted by molar-refractivity contribution is 6.30. The van der Waals surface area contributed by atoms with Crippen molar-refractivity contribution < 1.29 is 0 Å². The molecule has 2 unspecified atom stereocenters. The fraction of sp³-hybridized carbons (Fsp3) is 0.312. The second-order valence-electron chi connectivity index (χ2n) is 5.10. The number of hydrogen-bond donors (Lipinski definition) is 1. The van der Waals surface area contributed by atoms with E-state index in [1.165, 1.54) is 5.56 Å². The lowest BCUT2D eigenvalue weighted by Gasteiger charge is -2.30. The zero-order valence-electron chi connectivity index (χ0n) is 11.8. The summed E-state index contributed by atoms with van der Waals surface area (Å²) in [7, 11) is 2.06. The van der Waals surface area contributed by atoms with Crippen LogP contribution in [-0.2, 0) is 6.54 Å². The Morgan fingerprint density at radius 3 is 2.65 bits per heavy atom. The minimum atomic E-state index is -0.00548. The van der Waals surface area contributed by atoms with Gasteiger partial charge in [-0.1, -0.05) is 29.8 Å². The van der Waals surface area contributed by atoms with E-state index in [0.29, 0.717) is 0 Å². The molecule has 1 heterocycles. The molecule has 2 atom stereocenters. The monoisotopic (exact) mass is 289 g/mol. The Morgan fingerprint density at radius 1 is 1.25 bits per heavy atom. The normalized spacial score (nSPS) is 14.2. The predicted molar refractivity (Wildman–Crippen MR) is 83.5 cm³/mol. The molecule has 4 heteroatoms. The van der Waals surface area contributed by atoms with Crippen molar-refractivity contribution >= 4 is 11.6 Å². The fourth-order valence-corrected chi connectivity index (χ4v) is 2.68. The number of likely N-dealkylation sites (N-methyl/N-ethyl adjacent to an activating group) is 1. The summed E-state index contributed by atoms with van der Waals surface area (Å²) in [5, 5.41) is 0.756. The molecule has 0 bridgehead atoms. The number of pyridine rings is 1. The molecule has 0 amide bonds. The van der Waals surface area contributed by atoms with E-state index >= 15 is 0 Å². The molecule has 2 N–H and O–H groups in total. The number of aromatic nitrogens is 1. The fourth-order valence-electron chi connectivity index (χ4n) is 2.47. The number of nitrogens with two attached hydrogens (primary N) is 1. The number of rotatable bonds is 5. The van der Waals surface area contributed by atoms with Crippen molar-refractivity contribution in [2.24, 2.45) is 5.73 Å². The molecule has 0 fully saturated rings. The van der Waals surface area contributed by atoms with E-state index < -0.39 is 0 Å². The third-order valence-corrected chi connectivity index (χ3v) is 3.52. The van der Waals surface area contributed by atoms with Crippen LogP contribution in [0.2, 0.25) is 5.02 Å². The lowest BCUT2D eigenvalue weighted by Crippen LogP contribution is -2.37. The van der Waals surface area contributed by atoms with Gasteiger partial charge in [0.1, 0.15) is 0 Å². The van der Waals surface area contributed by atoms with E-state index in [-0.39, 0.29) is 12.1 Å². The summed E-state index contributed by atoms with van der Waals surface area (Å²) in [6, 6.07) is 13.9. The highest BCUT2D eigenvalue weighted by Gasteiger charge is 2.22. The Bertz CT molecular complexity index is 542. The van der Waals surface area contributed by atoms with Gasteiger partial charge in [0, 0.05) is 23.8 Å². The highest BCUT2D eigenvalue weighted by Crippen LogP contribution is 2.22. The quantitative estimate of drug-likeness (QED) is 0.919. The lowest BCUT2D eigenvalue weighted by atomic mass is 10.0. The molecule has 0 saturated heterocycles. The van der Waals surface area contributed by atoms with Gasteiger partial charge in [0.15, 0.2) is 0 Å². The molecule has 1 aromatic heterocycles. The van der Waals surface area contributed by atoms with Crippen molar-refractivity contribution in [3.8, 4) is 0 Å². The topological polar surface area (TPSA) is 42.1 Å². The van der Waals surface area contributed by atoms with Gasteiger partial charge in [0.25, 0.3) is 0 Å². The van der Waals surface area contributed by atoms with Crippen LogP contribution in [0.25, 0.3) is 0 Å². The summed E-state index contributed by atoms with van der Waals surface area (Å²) in [6.07, 6.45) is 1.80. The molecule has 1 aromatic carbocycles. The Labute approximate surface area is 125 Å². The first-order valence-electron chi connectivity index (χ1n) is 6.69. The van der Waals surface area contributed by atoms with Crippen molar-refractivity contribution in [3.05, 3.63) is 64.9 Å². The smallest absolute Gasteiger partial charge is 0.0671 e. The molecule has 0 aliphatic carbocycles. The van der Waals surface area contributed by atoms with Crippen molar-refractivity contribution in [2.75, 3.05) is 7.05 Å². The number of benzene rings is 1. The standard InChI is InChI=1S/C16H20ClN3/c1-12(18)16(15-8-3-4-9-19-15)20(2)11-13-6-5-7-14(17)10-13/h3-10,12,16H,11,18H2,1-2H3. The molecule has 3 nitrogen and oxygen atoms in total. The van der Waals surface area contributed by atoms with E-state index in [1.807, 2.05) is 43.3 Å². The molecule has 0 radical (unpaired) electrons. The lowest BCUT2D eigenvalue weighted by molar-refractivity contribution is 0.206. The van der Waals surface area contributed by atoms with Crippen molar-refractivity contribution in [2.45, 2.75) is 25.6 Å². The Hall–Kier alpha value is -1.42. The SMILES string of the molecule is CC(N)C(c1ccccn1)N(C)Cc1cccc(Cl)c1. The number of hydrogen-bond acceptors (Lipinski definition) is 3. The van der Waals surface area contributed by atoms with Gasteiger partial charge >= 0.3 is 0 Å². The maximum absolute atomic E-state index is 6.15. The van der Waals surface area contributed by atoms with Gasteiger partial charge in [-0.25, -0.2) is 0 Å². The first kappa shape index (κ1) is 15.0. The first-order valence-corrected chi connectivity index (χ1v) is 7.07. The second-order valence-corrected chi connectivity index (χ2v) is 5.54. The molecule has 0 aliphatic heterocycles.